The molecule has 5 nitrogen and oxygen atoms in total. The molecule has 0 saturated carbocycles. The Bertz CT molecular complexity index is 391. The van der Waals surface area contributed by atoms with Gasteiger partial charge in [0, 0.05) is 13.5 Å². The first-order valence-corrected chi connectivity index (χ1v) is 6.13. The maximum atomic E-state index is 11.8. The molecule has 1 aromatic rings. The predicted octanol–water partition coefficient (Wildman–Crippen LogP) is 2.76. The minimum Gasteiger partial charge on any atom is -0.493 e. The summed E-state index contributed by atoms with van der Waals surface area (Å²) in [6.07, 6.45) is 0.533. The van der Waals surface area contributed by atoms with Gasteiger partial charge in [-0.1, -0.05) is 12.1 Å². The van der Waals surface area contributed by atoms with Crippen molar-refractivity contribution in [2.75, 3.05) is 13.7 Å². The SMILES string of the molecule is CCOc1ccccc1C(=O)OO[CH]CC(C)OC. The molecule has 0 fully saturated rings. The van der Waals surface area contributed by atoms with Crippen LogP contribution in [0.3, 0.4) is 0 Å². The van der Waals surface area contributed by atoms with Gasteiger partial charge in [-0.15, -0.1) is 0 Å². The van der Waals surface area contributed by atoms with Gasteiger partial charge in [-0.25, -0.2) is 4.79 Å². The summed E-state index contributed by atoms with van der Waals surface area (Å²) in [6.45, 7) is 5.59. The molecular formula is C14H19O5. The van der Waals surface area contributed by atoms with E-state index < -0.39 is 5.97 Å². The molecule has 0 aromatic heterocycles. The quantitative estimate of drug-likeness (QED) is 0.412. The molecule has 0 bridgehead atoms. The highest BCUT2D eigenvalue weighted by Crippen LogP contribution is 2.19. The smallest absolute Gasteiger partial charge is 0.376 e. The van der Waals surface area contributed by atoms with Crippen LogP contribution in [0.1, 0.15) is 30.6 Å². The Hall–Kier alpha value is -1.59. The van der Waals surface area contributed by atoms with Crippen LogP contribution in [0.2, 0.25) is 0 Å². The average Bonchev–Trinajstić information content (AvgIpc) is 2.44. The first-order valence-electron chi connectivity index (χ1n) is 6.13. The van der Waals surface area contributed by atoms with Gasteiger partial charge in [0.15, 0.2) is 0 Å². The van der Waals surface area contributed by atoms with E-state index in [-0.39, 0.29) is 6.10 Å². The van der Waals surface area contributed by atoms with Crippen LogP contribution in [-0.4, -0.2) is 25.8 Å². The largest absolute Gasteiger partial charge is 0.493 e. The van der Waals surface area contributed by atoms with E-state index in [1.807, 2.05) is 13.8 Å². The molecule has 1 rings (SSSR count). The van der Waals surface area contributed by atoms with Crippen LogP contribution in [-0.2, 0) is 14.5 Å². The third-order valence-corrected chi connectivity index (χ3v) is 2.43. The van der Waals surface area contributed by atoms with Gasteiger partial charge in [-0.05, 0) is 26.0 Å². The van der Waals surface area contributed by atoms with E-state index in [0.717, 1.165) is 0 Å². The third kappa shape index (κ3) is 5.28. The summed E-state index contributed by atoms with van der Waals surface area (Å²) in [5.41, 5.74) is 0.331. The van der Waals surface area contributed by atoms with Crippen molar-refractivity contribution >= 4 is 5.97 Å². The topological polar surface area (TPSA) is 54.0 Å². The van der Waals surface area contributed by atoms with Gasteiger partial charge < -0.3 is 9.47 Å². The fourth-order valence-electron chi connectivity index (χ4n) is 1.31. The van der Waals surface area contributed by atoms with Crippen molar-refractivity contribution in [3.63, 3.8) is 0 Å². The van der Waals surface area contributed by atoms with Crippen LogP contribution >= 0.6 is 0 Å². The molecule has 105 valence electrons. The molecule has 19 heavy (non-hydrogen) atoms. The summed E-state index contributed by atoms with van der Waals surface area (Å²) in [4.78, 5) is 21.2. The summed E-state index contributed by atoms with van der Waals surface area (Å²) in [7, 11) is 1.60. The molecule has 1 unspecified atom stereocenters. The molecule has 0 aliphatic rings. The van der Waals surface area contributed by atoms with Crippen LogP contribution < -0.4 is 4.74 Å². The zero-order valence-corrected chi connectivity index (χ0v) is 11.4. The number of carbonyl (C=O) groups is 1. The van der Waals surface area contributed by atoms with Crippen molar-refractivity contribution in [1.82, 2.24) is 0 Å². The zero-order valence-electron chi connectivity index (χ0n) is 11.4. The molecule has 1 radical (unpaired) electrons. The Labute approximate surface area is 113 Å². The van der Waals surface area contributed by atoms with E-state index in [9.17, 15) is 4.79 Å². The van der Waals surface area contributed by atoms with E-state index in [0.29, 0.717) is 24.3 Å². The predicted molar refractivity (Wildman–Crippen MR) is 69.5 cm³/mol. The Morgan fingerprint density at radius 3 is 2.79 bits per heavy atom. The van der Waals surface area contributed by atoms with Crippen molar-refractivity contribution in [2.45, 2.75) is 26.4 Å². The number of rotatable bonds is 8. The van der Waals surface area contributed by atoms with E-state index in [1.54, 1.807) is 31.4 Å². The second kappa shape index (κ2) is 8.50. The van der Waals surface area contributed by atoms with Crippen molar-refractivity contribution in [1.29, 1.82) is 0 Å². The third-order valence-electron chi connectivity index (χ3n) is 2.43. The molecule has 0 aliphatic carbocycles. The molecule has 1 atom stereocenters. The van der Waals surface area contributed by atoms with Gasteiger partial charge in [0.2, 0.25) is 0 Å². The second-order valence-electron chi connectivity index (χ2n) is 3.84. The van der Waals surface area contributed by atoms with E-state index in [4.69, 9.17) is 14.4 Å². The maximum Gasteiger partial charge on any atom is 0.376 e. The molecule has 0 N–H and O–H groups in total. The van der Waals surface area contributed by atoms with Gasteiger partial charge >= 0.3 is 5.97 Å². The highest BCUT2D eigenvalue weighted by atomic mass is 17.2. The molecule has 0 saturated heterocycles. The van der Waals surface area contributed by atoms with Crippen molar-refractivity contribution < 1.29 is 24.0 Å². The Balaban J connectivity index is 2.45. The van der Waals surface area contributed by atoms with E-state index in [1.165, 1.54) is 6.61 Å². The van der Waals surface area contributed by atoms with Crippen LogP contribution in [0.15, 0.2) is 24.3 Å². The zero-order chi connectivity index (χ0) is 14.1. The first kappa shape index (κ1) is 15.5. The molecule has 5 heteroatoms. The molecule has 0 amide bonds. The fraction of sp³-hybridized carbons (Fsp3) is 0.429. The number of ether oxygens (including phenoxy) is 2. The lowest BCUT2D eigenvalue weighted by molar-refractivity contribution is -0.215. The van der Waals surface area contributed by atoms with Gasteiger partial charge in [-0.3, -0.25) is 4.89 Å². The summed E-state index contributed by atoms with van der Waals surface area (Å²) in [5, 5.41) is 0. The standard InChI is InChI=1S/C14H19O5/c1-4-17-13-8-6-5-7-12(13)14(15)19-18-10-9-11(2)16-3/h5-8,10-11H,4,9H2,1-3H3. The van der Waals surface area contributed by atoms with Crippen LogP contribution in [0.25, 0.3) is 0 Å². The Morgan fingerprint density at radius 1 is 1.37 bits per heavy atom. The lowest BCUT2D eigenvalue weighted by Gasteiger charge is -2.10. The summed E-state index contributed by atoms with van der Waals surface area (Å²) in [6, 6.07) is 6.84. The molecule has 0 spiro atoms. The summed E-state index contributed by atoms with van der Waals surface area (Å²) in [5.74, 6) is -0.116. The summed E-state index contributed by atoms with van der Waals surface area (Å²) >= 11 is 0. The highest BCUT2D eigenvalue weighted by Gasteiger charge is 2.14. The fourth-order valence-corrected chi connectivity index (χ4v) is 1.31. The number of carbonyl (C=O) groups excluding carboxylic acids is 1. The lowest BCUT2D eigenvalue weighted by atomic mass is 10.2. The van der Waals surface area contributed by atoms with Gasteiger partial charge in [0.25, 0.3) is 0 Å². The average molecular weight is 267 g/mol. The number of para-hydroxylation sites is 1. The van der Waals surface area contributed by atoms with Crippen molar-refractivity contribution in [2.24, 2.45) is 0 Å². The van der Waals surface area contributed by atoms with Gasteiger partial charge in [0.05, 0.1) is 12.7 Å². The monoisotopic (exact) mass is 267 g/mol. The van der Waals surface area contributed by atoms with Gasteiger partial charge in [-0.2, -0.15) is 4.89 Å². The number of hydrogen-bond donors (Lipinski definition) is 0. The molecule has 0 aliphatic heterocycles. The Kier molecular flexibility index (Phi) is 6.92. The van der Waals surface area contributed by atoms with E-state index in [2.05, 4.69) is 4.89 Å². The Morgan fingerprint density at radius 2 is 2.11 bits per heavy atom. The van der Waals surface area contributed by atoms with Gasteiger partial charge in [0.1, 0.15) is 17.9 Å². The number of hydrogen-bond acceptors (Lipinski definition) is 5. The lowest BCUT2D eigenvalue weighted by Crippen LogP contribution is -2.10. The first-order chi connectivity index (χ1) is 9.19. The van der Waals surface area contributed by atoms with Crippen molar-refractivity contribution in [3.8, 4) is 5.75 Å². The number of methoxy groups -OCH3 is 1. The molecule has 0 heterocycles. The minimum atomic E-state index is -0.592. The van der Waals surface area contributed by atoms with Crippen LogP contribution in [0.5, 0.6) is 5.75 Å². The van der Waals surface area contributed by atoms with Crippen LogP contribution in [0, 0.1) is 6.61 Å². The summed E-state index contributed by atoms with van der Waals surface area (Å²) < 4.78 is 10.4. The molecule has 1 aromatic carbocycles. The van der Waals surface area contributed by atoms with Crippen molar-refractivity contribution in [3.05, 3.63) is 36.4 Å². The second-order valence-corrected chi connectivity index (χ2v) is 3.84. The maximum absolute atomic E-state index is 11.8. The number of benzene rings is 1. The molecular weight excluding hydrogens is 248 g/mol. The minimum absolute atomic E-state index is 0.00872. The van der Waals surface area contributed by atoms with E-state index >= 15 is 0 Å². The highest BCUT2D eigenvalue weighted by molar-refractivity contribution is 5.92. The normalized spacial score (nSPS) is 11.9. The van der Waals surface area contributed by atoms with Crippen LogP contribution in [0.4, 0.5) is 0 Å².